The fraction of sp³-hybridized carbons (Fsp3) is 0.0238. The Labute approximate surface area is 272 Å². The number of allylic oxidation sites excluding steroid dienone is 2. The Balaban J connectivity index is 1.35. The Bertz CT molecular complexity index is 2520. The summed E-state index contributed by atoms with van der Waals surface area (Å²) < 4.78 is 4.56. The minimum absolute atomic E-state index is 0.577. The van der Waals surface area contributed by atoms with Crippen LogP contribution < -0.4 is 0 Å². The summed E-state index contributed by atoms with van der Waals surface area (Å²) in [6.45, 7) is 6.01. The van der Waals surface area contributed by atoms with Crippen molar-refractivity contribution in [3.05, 3.63) is 163 Å². The SMILES string of the molecule is C=C/C=C\c1c(C)n(-c2ccncc2-c2cccc(-c3cc(C#N)ccc3-n3c4ccccc4c4ccccc43)n2)c2ccccc12. The normalized spacial score (nSPS) is 11.5. The number of nitriles is 1. The summed E-state index contributed by atoms with van der Waals surface area (Å²) in [6.07, 6.45) is 9.59. The van der Waals surface area contributed by atoms with Gasteiger partial charge in [-0.15, -0.1) is 0 Å². The quantitative estimate of drug-likeness (QED) is 0.178. The summed E-state index contributed by atoms with van der Waals surface area (Å²) in [7, 11) is 0. The second-order valence-corrected chi connectivity index (χ2v) is 11.5. The van der Waals surface area contributed by atoms with Crippen molar-refractivity contribution in [2.45, 2.75) is 6.92 Å². The lowest BCUT2D eigenvalue weighted by atomic mass is 10.0. The van der Waals surface area contributed by atoms with Gasteiger partial charge >= 0.3 is 0 Å². The van der Waals surface area contributed by atoms with E-state index in [1.54, 1.807) is 6.08 Å². The average Bonchev–Trinajstić information content (AvgIpc) is 3.61. The summed E-state index contributed by atoms with van der Waals surface area (Å²) in [5, 5.41) is 13.5. The topological polar surface area (TPSA) is 59.4 Å². The van der Waals surface area contributed by atoms with E-state index in [0.717, 1.165) is 67.1 Å². The third-order valence-electron chi connectivity index (χ3n) is 8.85. The molecule has 4 aromatic heterocycles. The molecule has 0 amide bonds. The highest BCUT2D eigenvalue weighted by molar-refractivity contribution is 6.09. The predicted molar refractivity (Wildman–Crippen MR) is 193 cm³/mol. The Hall–Kier alpha value is -6.51. The van der Waals surface area contributed by atoms with Gasteiger partial charge in [0, 0.05) is 50.9 Å². The third kappa shape index (κ3) is 4.55. The largest absolute Gasteiger partial charge is 0.312 e. The number of pyridine rings is 2. The van der Waals surface area contributed by atoms with Crippen LogP contribution in [0.2, 0.25) is 0 Å². The zero-order chi connectivity index (χ0) is 31.9. The molecular weight excluding hydrogens is 574 g/mol. The van der Waals surface area contributed by atoms with Crippen LogP contribution in [0.25, 0.3) is 72.7 Å². The molecule has 0 radical (unpaired) electrons. The minimum atomic E-state index is 0.577. The van der Waals surface area contributed by atoms with Crippen molar-refractivity contribution in [3.63, 3.8) is 0 Å². The lowest BCUT2D eigenvalue weighted by molar-refractivity contribution is 1.04. The van der Waals surface area contributed by atoms with Crippen LogP contribution in [0.1, 0.15) is 16.8 Å². The highest BCUT2D eigenvalue weighted by Gasteiger charge is 2.20. The summed E-state index contributed by atoms with van der Waals surface area (Å²) in [5.74, 6) is 0. The summed E-state index contributed by atoms with van der Waals surface area (Å²) in [6, 6.07) is 41.6. The number of benzene rings is 4. The van der Waals surface area contributed by atoms with Gasteiger partial charge in [0.25, 0.3) is 0 Å². The first-order valence-electron chi connectivity index (χ1n) is 15.5. The van der Waals surface area contributed by atoms with Crippen LogP contribution in [0, 0.1) is 18.3 Å². The van der Waals surface area contributed by atoms with Gasteiger partial charge in [0.2, 0.25) is 0 Å². The number of rotatable bonds is 6. The maximum absolute atomic E-state index is 9.94. The molecule has 0 unspecified atom stereocenters. The number of fused-ring (bicyclic) bond motifs is 4. The maximum Gasteiger partial charge on any atom is 0.0991 e. The summed E-state index contributed by atoms with van der Waals surface area (Å²) in [5.41, 5.74) is 11.4. The van der Waals surface area contributed by atoms with Crippen LogP contribution >= 0.6 is 0 Å². The van der Waals surface area contributed by atoms with E-state index in [-0.39, 0.29) is 0 Å². The number of para-hydroxylation sites is 3. The van der Waals surface area contributed by atoms with Crippen molar-refractivity contribution in [3.8, 4) is 40.0 Å². The Morgan fingerprint density at radius 1 is 0.681 bits per heavy atom. The first-order chi connectivity index (χ1) is 23.2. The summed E-state index contributed by atoms with van der Waals surface area (Å²) >= 11 is 0. The number of aromatic nitrogens is 4. The van der Waals surface area contributed by atoms with E-state index in [0.29, 0.717) is 5.56 Å². The van der Waals surface area contributed by atoms with E-state index in [9.17, 15) is 5.26 Å². The molecule has 4 heterocycles. The Kier molecular flexibility index (Phi) is 6.82. The first-order valence-corrected chi connectivity index (χ1v) is 15.5. The van der Waals surface area contributed by atoms with Crippen molar-refractivity contribution in [1.82, 2.24) is 19.1 Å². The molecule has 0 aliphatic rings. The van der Waals surface area contributed by atoms with Gasteiger partial charge in [-0.1, -0.05) is 85.5 Å². The van der Waals surface area contributed by atoms with Gasteiger partial charge in [0.05, 0.1) is 50.9 Å². The van der Waals surface area contributed by atoms with Crippen molar-refractivity contribution >= 4 is 38.8 Å². The van der Waals surface area contributed by atoms with Crippen molar-refractivity contribution in [1.29, 1.82) is 5.26 Å². The van der Waals surface area contributed by atoms with Crippen LogP contribution in [0.15, 0.2) is 146 Å². The van der Waals surface area contributed by atoms with E-state index < -0.39 is 0 Å². The van der Waals surface area contributed by atoms with Crippen LogP contribution in [0.3, 0.4) is 0 Å². The molecule has 0 aliphatic heterocycles. The second kappa shape index (κ2) is 11.4. The molecule has 0 saturated heterocycles. The molecule has 8 rings (SSSR count). The van der Waals surface area contributed by atoms with Crippen LogP contribution in [-0.4, -0.2) is 19.1 Å². The van der Waals surface area contributed by atoms with Gasteiger partial charge in [-0.3, -0.25) is 4.98 Å². The average molecular weight is 604 g/mol. The van der Waals surface area contributed by atoms with Crippen LogP contribution in [0.5, 0.6) is 0 Å². The highest BCUT2D eigenvalue weighted by atomic mass is 15.0. The Morgan fingerprint density at radius 2 is 1.30 bits per heavy atom. The van der Waals surface area contributed by atoms with Gasteiger partial charge in [0.15, 0.2) is 0 Å². The van der Waals surface area contributed by atoms with E-state index in [2.05, 4.69) is 113 Å². The van der Waals surface area contributed by atoms with Gasteiger partial charge in [0.1, 0.15) is 0 Å². The fourth-order valence-corrected chi connectivity index (χ4v) is 6.78. The molecule has 0 N–H and O–H groups in total. The predicted octanol–water partition coefficient (Wildman–Crippen LogP) is 10.2. The molecule has 47 heavy (non-hydrogen) atoms. The molecule has 0 bridgehead atoms. The molecule has 222 valence electrons. The second-order valence-electron chi connectivity index (χ2n) is 11.5. The molecule has 5 nitrogen and oxygen atoms in total. The third-order valence-corrected chi connectivity index (χ3v) is 8.85. The maximum atomic E-state index is 9.94. The fourth-order valence-electron chi connectivity index (χ4n) is 6.78. The molecule has 5 heteroatoms. The van der Waals surface area contributed by atoms with Gasteiger partial charge in [-0.2, -0.15) is 5.26 Å². The van der Waals surface area contributed by atoms with E-state index >= 15 is 0 Å². The highest BCUT2D eigenvalue weighted by Crippen LogP contribution is 2.38. The monoisotopic (exact) mass is 603 g/mol. The summed E-state index contributed by atoms with van der Waals surface area (Å²) in [4.78, 5) is 9.81. The zero-order valence-electron chi connectivity index (χ0n) is 25.8. The molecular formula is C42H29N5. The molecule has 0 aliphatic carbocycles. The molecule has 0 spiro atoms. The molecule has 0 atom stereocenters. The zero-order valence-corrected chi connectivity index (χ0v) is 25.8. The molecule has 0 saturated carbocycles. The smallest absolute Gasteiger partial charge is 0.0991 e. The Morgan fingerprint density at radius 3 is 1.98 bits per heavy atom. The van der Waals surface area contributed by atoms with Crippen molar-refractivity contribution in [2.75, 3.05) is 0 Å². The number of nitrogens with zero attached hydrogens (tertiary/aromatic N) is 5. The van der Waals surface area contributed by atoms with Crippen LogP contribution in [0.4, 0.5) is 0 Å². The standard InChI is InChI=1S/C42H29N5/c1-3-4-12-30-28(2)46(38-18-8-5-13-31(30)38)42-23-24-44-27-35(42)37-17-11-16-36(45-37)34-25-29(26-43)21-22-41(34)47-39-19-9-6-14-32(39)33-15-7-10-20-40(33)47/h3-25,27H,1H2,2H3/b12-4-. The minimum Gasteiger partial charge on any atom is -0.312 e. The molecule has 8 aromatic rings. The van der Waals surface area contributed by atoms with Gasteiger partial charge in [-0.25, -0.2) is 4.98 Å². The van der Waals surface area contributed by atoms with E-state index in [4.69, 9.17) is 4.98 Å². The van der Waals surface area contributed by atoms with Gasteiger partial charge in [-0.05, 0) is 61.5 Å². The number of hydrogen-bond acceptors (Lipinski definition) is 3. The lowest BCUT2D eigenvalue weighted by Gasteiger charge is -2.16. The molecule has 4 aromatic carbocycles. The van der Waals surface area contributed by atoms with Gasteiger partial charge < -0.3 is 9.13 Å². The van der Waals surface area contributed by atoms with Crippen molar-refractivity contribution in [2.24, 2.45) is 0 Å². The first kappa shape index (κ1) is 28.0. The van der Waals surface area contributed by atoms with Crippen molar-refractivity contribution < 1.29 is 0 Å². The van der Waals surface area contributed by atoms with Crippen LogP contribution in [-0.2, 0) is 0 Å². The number of hydrogen-bond donors (Lipinski definition) is 0. The lowest BCUT2D eigenvalue weighted by Crippen LogP contribution is -2.02. The van der Waals surface area contributed by atoms with E-state index in [1.807, 2.05) is 60.9 Å². The van der Waals surface area contributed by atoms with E-state index in [1.165, 1.54) is 10.8 Å². The molecule has 0 fully saturated rings.